The summed E-state index contributed by atoms with van der Waals surface area (Å²) in [5.74, 6) is 1.77. The molecular formula is C19H15BrClN5. The van der Waals surface area contributed by atoms with Crippen molar-refractivity contribution in [1.29, 1.82) is 0 Å². The van der Waals surface area contributed by atoms with Gasteiger partial charge in [0.05, 0.1) is 10.5 Å². The van der Waals surface area contributed by atoms with Gasteiger partial charge in [-0.25, -0.2) is 9.97 Å². The molecule has 7 heteroatoms. The second-order valence-electron chi connectivity index (χ2n) is 5.86. The molecule has 0 fully saturated rings. The molecule has 0 aliphatic rings. The fourth-order valence-corrected chi connectivity index (χ4v) is 3.67. The Balaban J connectivity index is 1.56. The van der Waals surface area contributed by atoms with Crippen LogP contribution in [-0.2, 0) is 6.54 Å². The van der Waals surface area contributed by atoms with E-state index >= 15 is 0 Å². The lowest BCUT2D eigenvalue weighted by Gasteiger charge is -2.11. The Hall–Kier alpha value is -2.44. The van der Waals surface area contributed by atoms with Crippen molar-refractivity contribution >= 4 is 44.1 Å². The van der Waals surface area contributed by atoms with Crippen LogP contribution in [0.1, 0.15) is 11.4 Å². The number of nitrogens with zero attached hydrogens (tertiary/aromatic N) is 4. The van der Waals surface area contributed by atoms with Crippen LogP contribution in [0.2, 0.25) is 5.02 Å². The van der Waals surface area contributed by atoms with Gasteiger partial charge in [-0.05, 0) is 36.8 Å². The van der Waals surface area contributed by atoms with Crippen molar-refractivity contribution < 1.29 is 0 Å². The van der Waals surface area contributed by atoms with Gasteiger partial charge in [0.1, 0.15) is 11.6 Å². The SMILES string of the molecule is Cc1nccn1-c1ccc(CNc2ccnc3c(Cl)cc(Br)cc23)cn1. The molecule has 0 saturated heterocycles. The highest BCUT2D eigenvalue weighted by molar-refractivity contribution is 9.10. The van der Waals surface area contributed by atoms with E-state index in [1.807, 2.05) is 48.1 Å². The Morgan fingerprint density at radius 3 is 2.73 bits per heavy atom. The summed E-state index contributed by atoms with van der Waals surface area (Å²) in [6, 6.07) is 9.85. The van der Waals surface area contributed by atoms with E-state index in [9.17, 15) is 0 Å². The topological polar surface area (TPSA) is 55.6 Å². The lowest BCUT2D eigenvalue weighted by molar-refractivity contribution is 0.926. The Morgan fingerprint density at radius 2 is 2.00 bits per heavy atom. The summed E-state index contributed by atoms with van der Waals surface area (Å²) in [5.41, 5.74) is 2.84. The molecule has 3 heterocycles. The summed E-state index contributed by atoms with van der Waals surface area (Å²) >= 11 is 9.78. The molecule has 0 unspecified atom stereocenters. The van der Waals surface area contributed by atoms with Crippen molar-refractivity contribution in [1.82, 2.24) is 19.5 Å². The fraction of sp³-hybridized carbons (Fsp3) is 0.105. The quantitative estimate of drug-likeness (QED) is 0.488. The van der Waals surface area contributed by atoms with E-state index in [0.29, 0.717) is 11.6 Å². The summed E-state index contributed by atoms with van der Waals surface area (Å²) in [4.78, 5) is 13.1. The van der Waals surface area contributed by atoms with Crippen LogP contribution in [0.3, 0.4) is 0 Å². The van der Waals surface area contributed by atoms with Gasteiger partial charge in [0.25, 0.3) is 0 Å². The van der Waals surface area contributed by atoms with Crippen molar-refractivity contribution in [3.8, 4) is 5.82 Å². The van der Waals surface area contributed by atoms with E-state index in [4.69, 9.17) is 11.6 Å². The first-order valence-corrected chi connectivity index (χ1v) is 9.22. The highest BCUT2D eigenvalue weighted by Gasteiger charge is 2.07. The molecule has 0 aliphatic heterocycles. The molecule has 4 rings (SSSR count). The zero-order chi connectivity index (χ0) is 18.1. The number of nitrogens with one attached hydrogen (secondary N) is 1. The molecule has 26 heavy (non-hydrogen) atoms. The number of fused-ring (bicyclic) bond motifs is 1. The monoisotopic (exact) mass is 427 g/mol. The van der Waals surface area contributed by atoms with E-state index < -0.39 is 0 Å². The minimum absolute atomic E-state index is 0.625. The molecule has 1 aromatic carbocycles. The molecule has 1 N–H and O–H groups in total. The third-order valence-electron chi connectivity index (χ3n) is 4.13. The third kappa shape index (κ3) is 3.30. The number of anilines is 1. The molecule has 0 bridgehead atoms. The summed E-state index contributed by atoms with van der Waals surface area (Å²) in [5, 5.41) is 5.05. The van der Waals surface area contributed by atoms with Gasteiger partial charge in [0.2, 0.25) is 0 Å². The highest BCUT2D eigenvalue weighted by atomic mass is 79.9. The average molecular weight is 429 g/mol. The standard InChI is InChI=1S/C19H15BrClN5/c1-12-22-6-7-26(12)18-3-2-13(11-25-18)10-24-17-4-5-23-19-15(17)8-14(20)9-16(19)21/h2-9,11H,10H2,1H3,(H,23,24). The van der Waals surface area contributed by atoms with E-state index in [0.717, 1.165) is 38.3 Å². The maximum atomic E-state index is 6.29. The minimum Gasteiger partial charge on any atom is -0.380 e. The van der Waals surface area contributed by atoms with E-state index in [1.165, 1.54) is 0 Å². The summed E-state index contributed by atoms with van der Waals surface area (Å²) < 4.78 is 2.88. The van der Waals surface area contributed by atoms with Crippen molar-refractivity contribution in [2.45, 2.75) is 13.5 Å². The molecule has 0 radical (unpaired) electrons. The van der Waals surface area contributed by atoms with E-state index in [2.05, 4.69) is 42.3 Å². The van der Waals surface area contributed by atoms with Gasteiger partial charge in [0.15, 0.2) is 0 Å². The molecular weight excluding hydrogens is 414 g/mol. The molecule has 0 saturated carbocycles. The lowest BCUT2D eigenvalue weighted by atomic mass is 10.2. The molecule has 3 aromatic heterocycles. The van der Waals surface area contributed by atoms with Gasteiger partial charge < -0.3 is 5.32 Å². The van der Waals surface area contributed by atoms with Gasteiger partial charge in [-0.2, -0.15) is 0 Å². The summed E-state index contributed by atoms with van der Waals surface area (Å²) in [6.07, 6.45) is 7.30. The van der Waals surface area contributed by atoms with Crippen LogP contribution in [0, 0.1) is 6.92 Å². The highest BCUT2D eigenvalue weighted by Crippen LogP contribution is 2.31. The number of halogens is 2. The van der Waals surface area contributed by atoms with Crippen LogP contribution in [0.25, 0.3) is 16.7 Å². The van der Waals surface area contributed by atoms with Crippen LogP contribution < -0.4 is 5.32 Å². The van der Waals surface area contributed by atoms with Gasteiger partial charge in [-0.1, -0.05) is 33.6 Å². The Bertz CT molecular complexity index is 1080. The number of aryl methyl sites for hydroxylation is 1. The van der Waals surface area contributed by atoms with Crippen LogP contribution in [-0.4, -0.2) is 19.5 Å². The van der Waals surface area contributed by atoms with Crippen LogP contribution in [0.15, 0.2) is 59.6 Å². The molecule has 0 atom stereocenters. The van der Waals surface area contributed by atoms with Crippen LogP contribution >= 0.6 is 27.5 Å². The summed E-state index contributed by atoms with van der Waals surface area (Å²) in [6.45, 7) is 2.61. The predicted octanol–water partition coefficient (Wildman–Crippen LogP) is 5.15. The number of hydrogen-bond donors (Lipinski definition) is 1. The van der Waals surface area contributed by atoms with Crippen molar-refractivity contribution in [2.24, 2.45) is 0 Å². The summed E-state index contributed by atoms with van der Waals surface area (Å²) in [7, 11) is 0. The number of benzene rings is 1. The number of pyridine rings is 2. The number of rotatable bonds is 4. The van der Waals surface area contributed by atoms with Gasteiger partial charge in [-0.15, -0.1) is 0 Å². The molecule has 5 nitrogen and oxygen atoms in total. The molecule has 130 valence electrons. The largest absolute Gasteiger partial charge is 0.380 e. The van der Waals surface area contributed by atoms with E-state index in [-0.39, 0.29) is 0 Å². The Labute approximate surface area is 164 Å². The second-order valence-corrected chi connectivity index (χ2v) is 7.19. The van der Waals surface area contributed by atoms with Gasteiger partial charge in [0, 0.05) is 46.9 Å². The van der Waals surface area contributed by atoms with Crippen molar-refractivity contribution in [3.63, 3.8) is 0 Å². The normalized spacial score (nSPS) is 11.0. The van der Waals surface area contributed by atoms with Crippen LogP contribution in [0.5, 0.6) is 0 Å². The van der Waals surface area contributed by atoms with Gasteiger partial charge >= 0.3 is 0 Å². The molecule has 0 aliphatic carbocycles. The van der Waals surface area contributed by atoms with Gasteiger partial charge in [-0.3, -0.25) is 9.55 Å². The average Bonchev–Trinajstić information content (AvgIpc) is 3.06. The first-order valence-electron chi connectivity index (χ1n) is 8.05. The van der Waals surface area contributed by atoms with E-state index in [1.54, 1.807) is 12.4 Å². The number of hydrogen-bond acceptors (Lipinski definition) is 4. The van der Waals surface area contributed by atoms with Crippen molar-refractivity contribution in [2.75, 3.05) is 5.32 Å². The predicted molar refractivity (Wildman–Crippen MR) is 108 cm³/mol. The maximum Gasteiger partial charge on any atom is 0.137 e. The smallest absolute Gasteiger partial charge is 0.137 e. The number of aromatic nitrogens is 4. The second kappa shape index (κ2) is 7.05. The minimum atomic E-state index is 0.625. The third-order valence-corrected chi connectivity index (χ3v) is 4.87. The zero-order valence-electron chi connectivity index (χ0n) is 13.9. The number of imidazole rings is 1. The molecule has 4 aromatic rings. The first kappa shape index (κ1) is 17.0. The Kier molecular flexibility index (Phi) is 4.61. The zero-order valence-corrected chi connectivity index (χ0v) is 16.3. The first-order chi connectivity index (χ1) is 12.6. The Morgan fingerprint density at radius 1 is 1.12 bits per heavy atom. The molecule has 0 amide bonds. The lowest BCUT2D eigenvalue weighted by Crippen LogP contribution is -2.03. The van der Waals surface area contributed by atoms with Crippen LogP contribution in [0.4, 0.5) is 5.69 Å². The fourth-order valence-electron chi connectivity index (χ4n) is 2.81. The molecule has 0 spiro atoms. The van der Waals surface area contributed by atoms with Crippen molar-refractivity contribution in [3.05, 3.63) is 76.0 Å². The maximum absolute atomic E-state index is 6.29.